The Morgan fingerprint density at radius 1 is 0.878 bits per heavy atom. The number of ether oxygens (including phenoxy) is 4. The second-order valence-corrected chi connectivity index (χ2v) is 25.1. The second-order valence-electron chi connectivity index (χ2n) is 15.7. The van der Waals surface area contributed by atoms with E-state index >= 15 is 4.79 Å². The maximum absolute atomic E-state index is 15.7. The van der Waals surface area contributed by atoms with Crippen molar-refractivity contribution in [3.8, 4) is 0 Å². The quantitative estimate of drug-likeness (QED) is 0.0839. The monoisotopic (exact) mass is 726 g/mol. The number of esters is 1. The zero-order valence-electron chi connectivity index (χ0n) is 32.8. The number of carbonyl (C=O) groups excluding carboxylic acids is 3. The van der Waals surface area contributed by atoms with Gasteiger partial charge in [0.05, 0.1) is 29.6 Å². The fourth-order valence-electron chi connectivity index (χ4n) is 10.0. The van der Waals surface area contributed by atoms with Gasteiger partial charge in [0.1, 0.15) is 23.4 Å². The van der Waals surface area contributed by atoms with Crippen LogP contribution in [0.3, 0.4) is 0 Å². The van der Waals surface area contributed by atoms with Crippen molar-refractivity contribution in [1.29, 1.82) is 0 Å². The molecule has 0 aromatic rings. The van der Waals surface area contributed by atoms with E-state index in [2.05, 4.69) is 41.5 Å². The molecule has 2 fully saturated rings. The minimum Gasteiger partial charge on any atom is -0.461 e. The van der Waals surface area contributed by atoms with Crippen molar-refractivity contribution in [3.63, 3.8) is 0 Å². The van der Waals surface area contributed by atoms with E-state index in [0.717, 1.165) is 41.8 Å². The van der Waals surface area contributed by atoms with Crippen LogP contribution in [0.25, 0.3) is 0 Å². The average molecular weight is 727 g/mol. The molecule has 0 aromatic heterocycles. The average Bonchev–Trinajstić information content (AvgIpc) is 3.06. The van der Waals surface area contributed by atoms with Crippen molar-refractivity contribution in [2.24, 2.45) is 16.7 Å². The highest BCUT2D eigenvalue weighted by Gasteiger charge is 2.75. The van der Waals surface area contributed by atoms with E-state index in [1.165, 1.54) is 14.0 Å². The third-order valence-electron chi connectivity index (χ3n) is 13.7. The van der Waals surface area contributed by atoms with E-state index in [-0.39, 0.29) is 18.6 Å². The van der Waals surface area contributed by atoms with Crippen molar-refractivity contribution < 1.29 is 47.3 Å². The lowest BCUT2D eigenvalue weighted by Gasteiger charge is -2.65. The predicted octanol–water partition coefficient (Wildman–Crippen LogP) is 6.75. The Balaban J connectivity index is 2.56. The zero-order chi connectivity index (χ0) is 37.4. The Morgan fingerprint density at radius 3 is 1.82 bits per heavy atom. The smallest absolute Gasteiger partial charge is 0.303 e. The van der Waals surface area contributed by atoms with Crippen LogP contribution in [0.2, 0.25) is 36.3 Å². The molecule has 0 unspecified atom stereocenters. The molecule has 12 heteroatoms. The van der Waals surface area contributed by atoms with E-state index in [4.69, 9.17) is 27.8 Å². The first-order valence-electron chi connectivity index (χ1n) is 18.5. The van der Waals surface area contributed by atoms with Gasteiger partial charge in [0.15, 0.2) is 22.4 Å². The lowest BCUT2D eigenvalue weighted by molar-refractivity contribution is -0.282. The maximum Gasteiger partial charge on any atom is 0.303 e. The van der Waals surface area contributed by atoms with Crippen LogP contribution in [0.15, 0.2) is 11.1 Å². The van der Waals surface area contributed by atoms with Crippen LogP contribution in [-0.2, 0) is 42.2 Å². The molecule has 3 aliphatic rings. The molecule has 2 saturated carbocycles. The van der Waals surface area contributed by atoms with Crippen molar-refractivity contribution in [2.75, 3.05) is 14.2 Å². The summed E-state index contributed by atoms with van der Waals surface area (Å²) in [6.07, 6.45) is -4.05. The number of fused-ring (bicyclic) bond motifs is 3. The van der Waals surface area contributed by atoms with E-state index in [0.29, 0.717) is 12.0 Å². The van der Waals surface area contributed by atoms with Gasteiger partial charge < -0.3 is 32.9 Å². The molecule has 0 spiro atoms. The van der Waals surface area contributed by atoms with Crippen molar-refractivity contribution in [2.45, 2.75) is 174 Å². The van der Waals surface area contributed by atoms with Gasteiger partial charge in [0.25, 0.3) is 6.47 Å². The summed E-state index contributed by atoms with van der Waals surface area (Å²) < 4.78 is 39.1. The number of hydrogen-bond donors (Lipinski definition) is 1. The van der Waals surface area contributed by atoms with E-state index in [1.807, 2.05) is 27.7 Å². The molecule has 0 amide bonds. The number of methoxy groups -OCH3 is 2. The molecule has 10 nitrogen and oxygen atoms in total. The minimum absolute atomic E-state index is 0.108. The number of Topliss-reactive ketones (excluding diaryl/α,β-unsaturated/α-hetero) is 1. The van der Waals surface area contributed by atoms with Crippen LogP contribution in [0, 0.1) is 16.7 Å². The van der Waals surface area contributed by atoms with E-state index in [9.17, 15) is 14.7 Å². The number of hydrogen-bond acceptors (Lipinski definition) is 10. The summed E-state index contributed by atoms with van der Waals surface area (Å²) in [4.78, 5) is 41.4. The SMILES string of the molecule is CC[Si](CC)(CC)O[C@H]1C[C@@]2(O)[C@@H](OC=O)[C@@H]3[C@@](C)(OC(C)=O)[C@H](OC)C[C@H](O[Si](CC)(CC)CC)[C@@]3(C)C(=O)[C@H](OC)C(=C1C)C2(C)C. The van der Waals surface area contributed by atoms with Crippen molar-refractivity contribution in [3.05, 3.63) is 11.1 Å². The largest absolute Gasteiger partial charge is 0.461 e. The lowest BCUT2D eigenvalue weighted by Crippen LogP contribution is -2.78. The Hall–Kier alpha value is -1.42. The summed E-state index contributed by atoms with van der Waals surface area (Å²) in [5, 5.41) is 13.5. The topological polar surface area (TPSA) is 127 Å². The predicted molar refractivity (Wildman–Crippen MR) is 194 cm³/mol. The molecule has 0 heterocycles. The molecule has 0 saturated heterocycles. The summed E-state index contributed by atoms with van der Waals surface area (Å²) in [5.41, 5.74) is -4.41. The highest BCUT2D eigenvalue weighted by molar-refractivity contribution is 6.74. The van der Waals surface area contributed by atoms with E-state index in [1.54, 1.807) is 14.0 Å². The number of carbonyl (C=O) groups is 3. The molecule has 9 atom stereocenters. The molecular weight excluding hydrogens is 661 g/mol. The molecular formula is C37H66O10Si2. The molecule has 0 aliphatic heterocycles. The fourth-order valence-corrected chi connectivity index (χ4v) is 15.8. The van der Waals surface area contributed by atoms with Crippen LogP contribution in [0.4, 0.5) is 0 Å². The molecule has 0 radical (unpaired) electrons. The van der Waals surface area contributed by atoms with Gasteiger partial charge in [-0.1, -0.05) is 55.4 Å². The van der Waals surface area contributed by atoms with Gasteiger partial charge in [-0.3, -0.25) is 14.4 Å². The van der Waals surface area contributed by atoms with Crippen LogP contribution in [-0.4, -0.2) is 95.9 Å². The van der Waals surface area contributed by atoms with Crippen molar-refractivity contribution in [1.82, 2.24) is 0 Å². The third kappa shape index (κ3) is 6.58. The summed E-state index contributed by atoms with van der Waals surface area (Å²) in [6.45, 7) is 23.8. The van der Waals surface area contributed by atoms with E-state index < -0.39 is 81.1 Å². The number of rotatable bonds is 15. The van der Waals surface area contributed by atoms with Crippen LogP contribution < -0.4 is 0 Å². The summed E-state index contributed by atoms with van der Waals surface area (Å²) >= 11 is 0. The fraction of sp³-hybridized carbons (Fsp3) is 0.865. The van der Waals surface area contributed by atoms with Gasteiger partial charge in [-0.05, 0) is 68.2 Å². The number of ketones is 1. The Kier molecular flexibility index (Phi) is 13.1. The van der Waals surface area contributed by atoms with Gasteiger partial charge in [-0.25, -0.2) is 0 Å². The normalized spacial score (nSPS) is 36.4. The lowest BCUT2D eigenvalue weighted by atomic mass is 9.45. The number of aliphatic hydroxyl groups is 1. The molecule has 3 rings (SSSR count). The first-order valence-corrected chi connectivity index (χ1v) is 23.6. The highest BCUT2D eigenvalue weighted by Crippen LogP contribution is 2.63. The molecule has 49 heavy (non-hydrogen) atoms. The Morgan fingerprint density at radius 2 is 1.39 bits per heavy atom. The first-order chi connectivity index (χ1) is 22.8. The molecule has 0 aromatic carbocycles. The summed E-state index contributed by atoms with van der Waals surface area (Å²) in [6, 6.07) is 5.18. The van der Waals surface area contributed by atoms with Gasteiger partial charge in [-0.2, -0.15) is 0 Å². The minimum atomic E-state index is -2.38. The second kappa shape index (κ2) is 15.3. The standard InChI is InChI=1S/C37H66O10Si2/c1-15-48(16-2,17-3)46-26-22-37(41)33(44-23-38)31-35(11,32(40)30(43-14)29(24(26)7)34(37,9)10)27(47-49(18-4,19-5)20-6)21-28(42-13)36(31,12)45-25(8)39/h23,26-28,30-31,33,41H,15-22H2,1-14H3/t26-,27-,28+,30+,31-,33-,35+,36-,37+/m0/s1. The van der Waals surface area contributed by atoms with Gasteiger partial charge >= 0.3 is 5.97 Å². The van der Waals surface area contributed by atoms with Crippen molar-refractivity contribution >= 4 is 34.9 Å². The summed E-state index contributed by atoms with van der Waals surface area (Å²) in [5.74, 6) is -1.93. The summed E-state index contributed by atoms with van der Waals surface area (Å²) in [7, 11) is -1.55. The maximum atomic E-state index is 15.7. The first kappa shape index (κ1) is 42.0. The Labute approximate surface area is 297 Å². The third-order valence-corrected chi connectivity index (χ3v) is 23.0. The molecule has 2 bridgehead atoms. The van der Waals surface area contributed by atoms with Crippen LogP contribution in [0.5, 0.6) is 0 Å². The van der Waals surface area contributed by atoms with Gasteiger partial charge in [-0.15, -0.1) is 0 Å². The zero-order valence-corrected chi connectivity index (χ0v) is 34.8. The highest BCUT2D eigenvalue weighted by atomic mass is 28.4. The van der Waals surface area contributed by atoms with Gasteiger partial charge in [0, 0.05) is 39.4 Å². The molecule has 1 N–H and O–H groups in total. The van der Waals surface area contributed by atoms with Crippen LogP contribution in [0.1, 0.15) is 95.9 Å². The van der Waals surface area contributed by atoms with Crippen LogP contribution >= 0.6 is 0 Å². The molecule has 282 valence electrons. The van der Waals surface area contributed by atoms with Gasteiger partial charge in [0.2, 0.25) is 0 Å². The Bertz CT molecular complexity index is 1230. The molecule has 3 aliphatic carbocycles.